The van der Waals surface area contributed by atoms with Crippen molar-refractivity contribution in [1.29, 1.82) is 0 Å². The second kappa shape index (κ2) is 5.88. The normalized spacial score (nSPS) is 26.2. The molecule has 0 spiro atoms. The number of nitrogens with two attached hydrogens (primary N) is 1. The van der Waals surface area contributed by atoms with E-state index in [2.05, 4.69) is 10.3 Å². The summed E-state index contributed by atoms with van der Waals surface area (Å²) in [7, 11) is 0. The molecule has 0 aromatic carbocycles. The summed E-state index contributed by atoms with van der Waals surface area (Å²) in [4.78, 5) is 27.7. The standard InChI is InChI=1S/C13H19N3O3S/c1-13(12(18)19)5-3-2-4-9(13)16-11(17)8-7-20-10(6-14)15-8/h7,9H,2-6,14H2,1H3,(H,16,17)(H,18,19). The molecule has 0 saturated heterocycles. The minimum absolute atomic E-state index is 0.300. The number of aliphatic carboxylic acids is 1. The van der Waals surface area contributed by atoms with Gasteiger partial charge in [-0.05, 0) is 19.8 Å². The molecule has 0 aliphatic heterocycles. The summed E-state index contributed by atoms with van der Waals surface area (Å²) >= 11 is 1.33. The fourth-order valence-corrected chi connectivity index (χ4v) is 3.22. The minimum Gasteiger partial charge on any atom is -0.481 e. The minimum atomic E-state index is -0.902. The Morgan fingerprint density at radius 3 is 2.95 bits per heavy atom. The maximum Gasteiger partial charge on any atom is 0.311 e. The summed E-state index contributed by atoms with van der Waals surface area (Å²) in [5, 5.41) is 14.6. The van der Waals surface area contributed by atoms with Crippen molar-refractivity contribution in [2.75, 3.05) is 0 Å². The van der Waals surface area contributed by atoms with Gasteiger partial charge in [0.25, 0.3) is 5.91 Å². The van der Waals surface area contributed by atoms with Crippen molar-refractivity contribution in [1.82, 2.24) is 10.3 Å². The van der Waals surface area contributed by atoms with Crippen LogP contribution in [0.5, 0.6) is 0 Å². The van der Waals surface area contributed by atoms with Crippen molar-refractivity contribution in [2.24, 2.45) is 11.1 Å². The van der Waals surface area contributed by atoms with E-state index in [0.29, 0.717) is 30.1 Å². The van der Waals surface area contributed by atoms with Gasteiger partial charge in [-0.1, -0.05) is 12.8 Å². The average molecular weight is 297 g/mol. The van der Waals surface area contributed by atoms with Crippen molar-refractivity contribution in [2.45, 2.75) is 45.2 Å². The van der Waals surface area contributed by atoms with Crippen LogP contribution in [0, 0.1) is 5.41 Å². The van der Waals surface area contributed by atoms with Gasteiger partial charge in [0.1, 0.15) is 10.7 Å². The van der Waals surface area contributed by atoms with E-state index in [9.17, 15) is 14.7 Å². The second-order valence-electron chi connectivity index (χ2n) is 5.33. The lowest BCUT2D eigenvalue weighted by Gasteiger charge is -2.38. The lowest BCUT2D eigenvalue weighted by atomic mass is 9.71. The van der Waals surface area contributed by atoms with Gasteiger partial charge >= 0.3 is 5.97 Å². The number of hydrogen-bond donors (Lipinski definition) is 3. The van der Waals surface area contributed by atoms with E-state index in [-0.39, 0.29) is 11.9 Å². The third kappa shape index (κ3) is 2.83. The molecule has 1 aliphatic rings. The molecule has 110 valence electrons. The largest absolute Gasteiger partial charge is 0.481 e. The highest BCUT2D eigenvalue weighted by Gasteiger charge is 2.44. The Balaban J connectivity index is 2.10. The summed E-state index contributed by atoms with van der Waals surface area (Å²) in [5.41, 5.74) is 4.88. The Hall–Kier alpha value is -1.47. The van der Waals surface area contributed by atoms with Crippen molar-refractivity contribution in [3.05, 3.63) is 16.1 Å². The van der Waals surface area contributed by atoms with Gasteiger partial charge < -0.3 is 16.2 Å². The van der Waals surface area contributed by atoms with Gasteiger partial charge in [-0.25, -0.2) is 4.98 Å². The molecule has 1 heterocycles. The number of hydrogen-bond acceptors (Lipinski definition) is 5. The number of thiazole rings is 1. The number of rotatable bonds is 4. The molecule has 7 heteroatoms. The Bertz CT molecular complexity index is 517. The van der Waals surface area contributed by atoms with Gasteiger partial charge in [-0.15, -0.1) is 11.3 Å². The topological polar surface area (TPSA) is 105 Å². The van der Waals surface area contributed by atoms with Crippen LogP contribution in [0.15, 0.2) is 5.38 Å². The van der Waals surface area contributed by atoms with Gasteiger partial charge in [-0.2, -0.15) is 0 Å². The maximum atomic E-state index is 12.2. The van der Waals surface area contributed by atoms with Crippen molar-refractivity contribution in [3.8, 4) is 0 Å². The molecule has 20 heavy (non-hydrogen) atoms. The maximum absolute atomic E-state index is 12.2. The highest BCUT2D eigenvalue weighted by molar-refractivity contribution is 7.09. The van der Waals surface area contributed by atoms with Gasteiger partial charge in [0.2, 0.25) is 0 Å². The van der Waals surface area contributed by atoms with E-state index in [1.807, 2.05) is 0 Å². The lowest BCUT2D eigenvalue weighted by molar-refractivity contribution is -0.151. The molecule has 1 aromatic rings. The van der Waals surface area contributed by atoms with Gasteiger partial charge in [-0.3, -0.25) is 9.59 Å². The summed E-state index contributed by atoms with van der Waals surface area (Å²) in [5.74, 6) is -1.18. The van der Waals surface area contributed by atoms with Gasteiger partial charge in [0.15, 0.2) is 0 Å². The van der Waals surface area contributed by atoms with E-state index in [0.717, 1.165) is 12.8 Å². The zero-order chi connectivity index (χ0) is 14.8. The van der Waals surface area contributed by atoms with Crippen LogP contribution in [0.1, 0.15) is 48.1 Å². The second-order valence-corrected chi connectivity index (χ2v) is 6.27. The Morgan fingerprint density at radius 2 is 2.35 bits per heavy atom. The summed E-state index contributed by atoms with van der Waals surface area (Å²) in [6, 6.07) is -0.357. The zero-order valence-electron chi connectivity index (χ0n) is 11.4. The summed E-state index contributed by atoms with van der Waals surface area (Å²) in [6.45, 7) is 2.00. The molecule has 2 unspecified atom stereocenters. The molecule has 0 radical (unpaired) electrons. The molecule has 1 aliphatic carbocycles. The van der Waals surface area contributed by atoms with E-state index in [4.69, 9.17) is 5.73 Å². The van der Waals surface area contributed by atoms with Crippen LogP contribution in [0.2, 0.25) is 0 Å². The number of amides is 1. The number of nitrogens with one attached hydrogen (secondary N) is 1. The van der Waals surface area contributed by atoms with Crippen LogP contribution in [0.4, 0.5) is 0 Å². The fraction of sp³-hybridized carbons (Fsp3) is 0.615. The molecule has 2 rings (SSSR count). The fourth-order valence-electron chi connectivity index (χ4n) is 2.56. The first-order valence-electron chi connectivity index (χ1n) is 6.66. The molecule has 1 fully saturated rings. The molecular formula is C13H19N3O3S. The number of nitrogens with zero attached hydrogens (tertiary/aromatic N) is 1. The first-order valence-corrected chi connectivity index (χ1v) is 7.54. The highest BCUT2D eigenvalue weighted by Crippen LogP contribution is 2.36. The molecule has 1 amide bonds. The van der Waals surface area contributed by atoms with Crippen LogP contribution >= 0.6 is 11.3 Å². The van der Waals surface area contributed by atoms with Gasteiger partial charge in [0, 0.05) is 18.0 Å². The first kappa shape index (κ1) is 14.9. The molecule has 2 atom stereocenters. The number of carbonyl (C=O) groups is 2. The number of carbonyl (C=O) groups excluding carboxylic acids is 1. The number of carboxylic acids is 1. The van der Waals surface area contributed by atoms with Crippen LogP contribution in [-0.4, -0.2) is 28.0 Å². The third-order valence-corrected chi connectivity index (χ3v) is 4.83. The predicted molar refractivity (Wildman–Crippen MR) is 75.5 cm³/mol. The van der Waals surface area contributed by atoms with Crippen LogP contribution in [0.25, 0.3) is 0 Å². The Labute approximate surface area is 121 Å². The molecule has 0 bridgehead atoms. The zero-order valence-corrected chi connectivity index (χ0v) is 12.2. The van der Waals surface area contributed by atoms with Crippen LogP contribution in [-0.2, 0) is 11.3 Å². The summed E-state index contributed by atoms with van der Waals surface area (Å²) in [6.07, 6.45) is 3.07. The van der Waals surface area contributed by atoms with Crippen molar-refractivity contribution in [3.63, 3.8) is 0 Å². The Kier molecular flexibility index (Phi) is 4.39. The third-order valence-electron chi connectivity index (χ3n) is 3.96. The van der Waals surface area contributed by atoms with Crippen molar-refractivity contribution >= 4 is 23.2 Å². The van der Waals surface area contributed by atoms with E-state index < -0.39 is 11.4 Å². The van der Waals surface area contributed by atoms with E-state index in [1.54, 1.807) is 12.3 Å². The molecular weight excluding hydrogens is 278 g/mol. The lowest BCUT2D eigenvalue weighted by Crippen LogP contribution is -2.52. The monoisotopic (exact) mass is 297 g/mol. The number of aromatic nitrogens is 1. The number of carboxylic acid groups (broad SMARTS) is 1. The quantitative estimate of drug-likeness (QED) is 0.778. The molecule has 6 nitrogen and oxygen atoms in total. The summed E-state index contributed by atoms with van der Waals surface area (Å²) < 4.78 is 0. The average Bonchev–Trinajstić information content (AvgIpc) is 2.90. The first-order chi connectivity index (χ1) is 9.47. The molecule has 1 aromatic heterocycles. The van der Waals surface area contributed by atoms with E-state index in [1.165, 1.54) is 11.3 Å². The van der Waals surface area contributed by atoms with Crippen LogP contribution in [0.3, 0.4) is 0 Å². The highest BCUT2D eigenvalue weighted by atomic mass is 32.1. The van der Waals surface area contributed by atoms with Crippen molar-refractivity contribution < 1.29 is 14.7 Å². The molecule has 4 N–H and O–H groups in total. The van der Waals surface area contributed by atoms with Gasteiger partial charge in [0.05, 0.1) is 5.41 Å². The predicted octanol–water partition coefficient (Wildman–Crippen LogP) is 1.37. The molecule has 1 saturated carbocycles. The van der Waals surface area contributed by atoms with Crippen LogP contribution < -0.4 is 11.1 Å². The smallest absolute Gasteiger partial charge is 0.311 e. The van der Waals surface area contributed by atoms with E-state index >= 15 is 0 Å². The Morgan fingerprint density at radius 1 is 1.60 bits per heavy atom. The SMILES string of the molecule is CC1(C(=O)O)CCCCC1NC(=O)c1csc(CN)n1.